The number of carbonyl (C=O) groups is 5. The Kier molecular flexibility index (Phi) is 7.88. The lowest BCUT2D eigenvalue weighted by Gasteiger charge is -2.67. The maximum atomic E-state index is 13.7. The van der Waals surface area contributed by atoms with Gasteiger partial charge in [-0.25, -0.2) is 19.2 Å². The number of esters is 4. The summed E-state index contributed by atoms with van der Waals surface area (Å²) in [5.41, 5.74) is 2.25. The molecule has 0 aromatic heterocycles. The van der Waals surface area contributed by atoms with E-state index >= 15 is 0 Å². The van der Waals surface area contributed by atoms with E-state index in [0.29, 0.717) is 11.1 Å². The molecule has 44 heavy (non-hydrogen) atoms. The van der Waals surface area contributed by atoms with Crippen LogP contribution in [0.4, 0.5) is 0 Å². The average Bonchev–Trinajstić information content (AvgIpc) is 3.24. The minimum absolute atomic E-state index is 0.115. The topological polar surface area (TPSA) is 198 Å². The van der Waals surface area contributed by atoms with Gasteiger partial charge in [-0.3, -0.25) is 4.79 Å². The minimum atomic E-state index is -2.27. The maximum Gasteiger partial charge on any atom is 0.348 e. The zero-order chi connectivity index (χ0) is 32.7. The van der Waals surface area contributed by atoms with Crippen LogP contribution in [0.25, 0.3) is 0 Å². The van der Waals surface area contributed by atoms with Gasteiger partial charge in [-0.1, -0.05) is 26.3 Å². The highest BCUT2D eigenvalue weighted by Gasteiger charge is 2.85. The van der Waals surface area contributed by atoms with Crippen LogP contribution in [0.1, 0.15) is 54.4 Å². The van der Waals surface area contributed by atoms with Gasteiger partial charge in [-0.05, 0) is 50.0 Å². The number of carbonyl (C=O) groups excluding carboxylic acids is 5. The van der Waals surface area contributed by atoms with Gasteiger partial charge in [0.1, 0.15) is 18.2 Å². The van der Waals surface area contributed by atoms with Crippen LogP contribution in [0.5, 0.6) is 0 Å². The summed E-state index contributed by atoms with van der Waals surface area (Å²) in [7, 11) is 1.08. The quantitative estimate of drug-likeness (QED) is 0.211. The Bertz CT molecular complexity index is 1360. The molecule has 2 aliphatic heterocycles. The van der Waals surface area contributed by atoms with Gasteiger partial charge in [-0.15, -0.1) is 0 Å². The van der Waals surface area contributed by atoms with Gasteiger partial charge in [-0.2, -0.15) is 0 Å². The van der Waals surface area contributed by atoms with Gasteiger partial charge < -0.3 is 39.6 Å². The highest BCUT2D eigenvalue weighted by molar-refractivity contribution is 5.98. The third-order valence-corrected chi connectivity index (χ3v) is 10.7. The van der Waals surface area contributed by atoms with Crippen molar-refractivity contribution < 1.29 is 57.9 Å². The summed E-state index contributed by atoms with van der Waals surface area (Å²) in [5.74, 6) is -7.37. The molecule has 4 fully saturated rings. The minimum Gasteiger partial charge on any atom is -0.467 e. The van der Waals surface area contributed by atoms with E-state index in [1.54, 1.807) is 41.5 Å². The molecule has 0 radical (unpaired) electrons. The first-order valence-electron chi connectivity index (χ1n) is 14.8. The second kappa shape index (κ2) is 10.7. The van der Waals surface area contributed by atoms with Crippen LogP contribution < -0.4 is 5.73 Å². The predicted octanol–water partition coefficient (Wildman–Crippen LogP) is 0.486. The molecule has 2 bridgehead atoms. The second-order valence-electron chi connectivity index (χ2n) is 13.7. The number of ether oxygens (including phenoxy) is 5. The van der Waals surface area contributed by atoms with Gasteiger partial charge >= 0.3 is 23.9 Å². The highest BCUT2D eigenvalue weighted by atomic mass is 16.6. The van der Waals surface area contributed by atoms with Crippen molar-refractivity contribution >= 4 is 29.7 Å². The third kappa shape index (κ3) is 4.22. The number of nitrogens with two attached hydrogens (primary N) is 1. The standard InChI is InChI=1S/C31H41NO12/c1-12(2)8-18(34)43-22-24-30-11-41-31(24,28(39)40-7)25(36)20(35)23(30)29(6)10-16(33)21(44-26(37)19(32)13(3)4)14(5)15(29)9-17(30)42-27(22)38/h8,13,15,17,19-20,22-25,35-36H,9-11,32H2,1-7H3/t15-,17+,19-,20+,22+,23?,24+,25-,29-,30+,31-/m0/s1. The van der Waals surface area contributed by atoms with Crippen molar-refractivity contribution in [2.75, 3.05) is 13.7 Å². The molecule has 242 valence electrons. The molecular formula is C31H41NO12. The van der Waals surface area contributed by atoms with Gasteiger partial charge in [0.2, 0.25) is 11.7 Å². The first-order valence-corrected chi connectivity index (χ1v) is 14.8. The van der Waals surface area contributed by atoms with E-state index in [-0.39, 0.29) is 31.1 Å². The van der Waals surface area contributed by atoms with Crippen molar-refractivity contribution in [2.45, 2.75) is 90.4 Å². The van der Waals surface area contributed by atoms with Gasteiger partial charge in [0.15, 0.2) is 11.5 Å². The zero-order valence-electron chi connectivity index (χ0n) is 25.9. The number of allylic oxidation sites excluding steroid dienone is 3. The molecule has 2 saturated carbocycles. The Morgan fingerprint density at radius 3 is 2.39 bits per heavy atom. The number of ketones is 1. The van der Waals surface area contributed by atoms with Crippen LogP contribution in [0.2, 0.25) is 0 Å². The second-order valence-corrected chi connectivity index (χ2v) is 13.7. The number of methoxy groups -OCH3 is 1. The smallest absolute Gasteiger partial charge is 0.348 e. The molecule has 5 aliphatic rings. The van der Waals surface area contributed by atoms with E-state index in [1.165, 1.54) is 6.08 Å². The Morgan fingerprint density at radius 1 is 1.14 bits per heavy atom. The number of hydrogen-bond donors (Lipinski definition) is 3. The first-order chi connectivity index (χ1) is 20.5. The maximum absolute atomic E-state index is 13.7. The summed E-state index contributed by atoms with van der Waals surface area (Å²) in [6, 6.07) is -0.963. The van der Waals surface area contributed by atoms with Crippen molar-refractivity contribution in [2.24, 2.45) is 40.2 Å². The first kappa shape index (κ1) is 32.3. The van der Waals surface area contributed by atoms with Crippen molar-refractivity contribution in [3.8, 4) is 0 Å². The highest BCUT2D eigenvalue weighted by Crippen LogP contribution is 2.72. The fourth-order valence-corrected chi connectivity index (χ4v) is 8.82. The molecule has 3 aliphatic carbocycles. The lowest BCUT2D eigenvalue weighted by atomic mass is 9.38. The van der Waals surface area contributed by atoms with Crippen molar-refractivity contribution in [3.05, 3.63) is 23.0 Å². The number of hydrogen-bond acceptors (Lipinski definition) is 13. The van der Waals surface area contributed by atoms with E-state index in [0.717, 1.165) is 7.11 Å². The van der Waals surface area contributed by atoms with E-state index < -0.39 is 94.3 Å². The normalized spacial score (nSPS) is 41.2. The summed E-state index contributed by atoms with van der Waals surface area (Å²) in [4.78, 5) is 66.4. The van der Waals surface area contributed by atoms with Gasteiger partial charge in [0.05, 0.1) is 25.7 Å². The largest absolute Gasteiger partial charge is 0.467 e. The lowest BCUT2D eigenvalue weighted by molar-refractivity contribution is -0.290. The Hall–Kier alpha value is -3.13. The summed E-state index contributed by atoms with van der Waals surface area (Å²) in [5, 5.41) is 23.6. The molecule has 0 amide bonds. The summed E-state index contributed by atoms with van der Waals surface area (Å²) < 4.78 is 28.3. The van der Waals surface area contributed by atoms with Crippen LogP contribution in [-0.2, 0) is 47.7 Å². The number of aliphatic hydroxyl groups excluding tert-OH is 2. The molecule has 1 spiro atoms. The molecule has 13 heteroatoms. The Labute approximate surface area is 255 Å². The van der Waals surface area contributed by atoms with Gasteiger partial charge in [0.25, 0.3) is 0 Å². The monoisotopic (exact) mass is 619 g/mol. The van der Waals surface area contributed by atoms with Crippen LogP contribution in [0, 0.1) is 34.5 Å². The Morgan fingerprint density at radius 2 is 1.80 bits per heavy atom. The molecule has 5 rings (SSSR count). The average molecular weight is 620 g/mol. The summed E-state index contributed by atoms with van der Waals surface area (Å²) in [6.07, 6.45) is -5.16. The molecule has 4 N–H and O–H groups in total. The van der Waals surface area contributed by atoms with E-state index in [9.17, 15) is 34.2 Å². The van der Waals surface area contributed by atoms with Crippen molar-refractivity contribution in [1.29, 1.82) is 0 Å². The fraction of sp³-hybridized carbons (Fsp3) is 0.710. The van der Waals surface area contributed by atoms with Crippen LogP contribution in [-0.4, -0.2) is 89.6 Å². The SMILES string of the molecule is COC(=O)[C@@]12OC[C@]34C([C@@H](O)[C@@H]1O)[C@@]1(C)CC(=O)C(OC(=O)[C@@H](N)C(C)C)=C(C)[C@@H]1C[C@H]3OC(=O)[C@H](OC(=O)C=C(C)C)[C@@H]24. The zero-order valence-corrected chi connectivity index (χ0v) is 25.9. The molecule has 11 atom stereocenters. The molecular weight excluding hydrogens is 578 g/mol. The van der Waals surface area contributed by atoms with Gasteiger partial charge in [0, 0.05) is 23.8 Å². The predicted molar refractivity (Wildman–Crippen MR) is 149 cm³/mol. The van der Waals surface area contributed by atoms with E-state index in [4.69, 9.17) is 29.4 Å². The number of rotatable bonds is 6. The van der Waals surface area contributed by atoms with Crippen LogP contribution >= 0.6 is 0 Å². The molecule has 2 heterocycles. The number of Topliss-reactive ketones (excluding diaryl/α,β-unsaturated/α-hetero) is 1. The molecule has 0 aromatic rings. The molecule has 1 unspecified atom stereocenters. The molecule has 2 saturated heterocycles. The number of fused-ring (bicyclic) bond motifs is 2. The van der Waals surface area contributed by atoms with E-state index in [2.05, 4.69) is 0 Å². The summed E-state index contributed by atoms with van der Waals surface area (Å²) >= 11 is 0. The van der Waals surface area contributed by atoms with Crippen LogP contribution in [0.15, 0.2) is 23.0 Å². The van der Waals surface area contributed by atoms with E-state index in [1.807, 2.05) is 0 Å². The Balaban J connectivity index is 1.66. The lowest BCUT2D eigenvalue weighted by Crippen LogP contribution is -2.79. The molecule has 0 aromatic carbocycles. The molecule has 13 nitrogen and oxygen atoms in total. The van der Waals surface area contributed by atoms with Crippen LogP contribution in [0.3, 0.4) is 0 Å². The third-order valence-electron chi connectivity index (χ3n) is 10.7. The van der Waals surface area contributed by atoms with Crippen molar-refractivity contribution in [1.82, 2.24) is 0 Å². The fourth-order valence-electron chi connectivity index (χ4n) is 8.82. The van der Waals surface area contributed by atoms with Crippen molar-refractivity contribution in [3.63, 3.8) is 0 Å². The summed E-state index contributed by atoms with van der Waals surface area (Å²) in [6.45, 7) is 9.99. The number of aliphatic hydroxyl groups is 2.